The summed E-state index contributed by atoms with van der Waals surface area (Å²) in [4.78, 5) is 30.2. The molecule has 2 amide bonds. The van der Waals surface area contributed by atoms with E-state index in [9.17, 15) is 14.7 Å². The lowest BCUT2D eigenvalue weighted by Gasteiger charge is -2.42. The molecule has 40 heavy (non-hydrogen) atoms. The molecule has 2 aliphatic rings. The number of benzene rings is 2. The van der Waals surface area contributed by atoms with Crippen molar-refractivity contribution < 1.29 is 28.6 Å². The normalized spacial score (nSPS) is 19.0. The summed E-state index contributed by atoms with van der Waals surface area (Å²) in [6.07, 6.45) is 0.108. The summed E-state index contributed by atoms with van der Waals surface area (Å²) in [5.74, 6) is 0.550. The van der Waals surface area contributed by atoms with Gasteiger partial charge in [-0.2, -0.15) is 0 Å². The molecule has 0 radical (unpaired) electrons. The maximum atomic E-state index is 13.8. The third-order valence-electron chi connectivity index (χ3n) is 8.26. The van der Waals surface area contributed by atoms with E-state index in [0.717, 1.165) is 11.1 Å². The third-order valence-corrected chi connectivity index (χ3v) is 14.2. The van der Waals surface area contributed by atoms with Crippen LogP contribution in [0.4, 0.5) is 10.5 Å². The average molecular weight is 567 g/mol. The maximum Gasteiger partial charge on any atom is 0.416 e. The predicted molar refractivity (Wildman–Crippen MR) is 158 cm³/mol. The topological polar surface area (TPSA) is 88.5 Å². The largest absolute Gasteiger partial charge is 0.540 e. The molecule has 4 rings (SSSR count). The zero-order valence-electron chi connectivity index (χ0n) is 24.8. The predicted octanol–water partition coefficient (Wildman–Crippen LogP) is 6.84. The zero-order valence-corrected chi connectivity index (χ0v) is 25.8. The van der Waals surface area contributed by atoms with Gasteiger partial charge in [-0.05, 0) is 41.6 Å². The van der Waals surface area contributed by atoms with Crippen LogP contribution < -0.4 is 14.1 Å². The monoisotopic (exact) mass is 566 g/mol. The van der Waals surface area contributed by atoms with Gasteiger partial charge in [0.15, 0.2) is 12.0 Å². The van der Waals surface area contributed by atoms with Crippen LogP contribution in [-0.4, -0.2) is 49.7 Å². The number of hydrogen-bond acceptors (Lipinski definition) is 6. The number of anilines is 1. The van der Waals surface area contributed by atoms with Crippen LogP contribution in [0.3, 0.4) is 0 Å². The SMILES string of the molecule is COc1cc2c(cc1O[Si](C(C)C)(C(C)C)C(C)C)N(C(=O)OCc1ccccc1)C(O)C1CC(C)=CN1C2=O. The molecule has 2 atom stereocenters. The van der Waals surface area contributed by atoms with Crippen molar-refractivity contribution >= 4 is 26.0 Å². The van der Waals surface area contributed by atoms with E-state index in [0.29, 0.717) is 17.9 Å². The van der Waals surface area contributed by atoms with Crippen LogP contribution in [0.25, 0.3) is 0 Å². The summed E-state index contributed by atoms with van der Waals surface area (Å²) in [5, 5.41) is 11.6. The summed E-state index contributed by atoms with van der Waals surface area (Å²) >= 11 is 0. The molecule has 0 aliphatic carbocycles. The van der Waals surface area contributed by atoms with E-state index in [1.165, 1.54) is 9.80 Å². The minimum Gasteiger partial charge on any atom is -0.540 e. The minimum atomic E-state index is -2.43. The van der Waals surface area contributed by atoms with Gasteiger partial charge >= 0.3 is 6.09 Å². The fourth-order valence-electron chi connectivity index (χ4n) is 6.42. The van der Waals surface area contributed by atoms with Crippen molar-refractivity contribution in [2.75, 3.05) is 12.0 Å². The van der Waals surface area contributed by atoms with Crippen molar-refractivity contribution in [2.45, 2.75) is 90.4 Å². The second-order valence-electron chi connectivity index (χ2n) is 11.7. The lowest BCUT2D eigenvalue weighted by Crippen LogP contribution is -2.51. The Morgan fingerprint density at radius 3 is 2.23 bits per heavy atom. The fourth-order valence-corrected chi connectivity index (χ4v) is 11.7. The van der Waals surface area contributed by atoms with Gasteiger partial charge in [0.05, 0.1) is 24.4 Å². The van der Waals surface area contributed by atoms with Crippen molar-refractivity contribution in [1.82, 2.24) is 4.90 Å². The number of aliphatic hydroxyl groups excluding tert-OH is 1. The highest BCUT2D eigenvalue weighted by molar-refractivity contribution is 6.78. The lowest BCUT2D eigenvalue weighted by molar-refractivity contribution is 0.0544. The van der Waals surface area contributed by atoms with Crippen molar-refractivity contribution in [3.05, 3.63) is 65.4 Å². The molecule has 0 saturated heterocycles. The second kappa shape index (κ2) is 11.7. The summed E-state index contributed by atoms with van der Waals surface area (Å²) < 4.78 is 18.4. The smallest absolute Gasteiger partial charge is 0.416 e. The van der Waals surface area contributed by atoms with Crippen LogP contribution >= 0.6 is 0 Å². The van der Waals surface area contributed by atoms with E-state index in [4.69, 9.17) is 13.9 Å². The van der Waals surface area contributed by atoms with Crippen LogP contribution in [0.5, 0.6) is 11.5 Å². The third kappa shape index (κ3) is 5.24. The van der Waals surface area contributed by atoms with E-state index in [1.54, 1.807) is 25.4 Å². The number of carbonyl (C=O) groups excluding carboxylic acids is 2. The van der Waals surface area contributed by atoms with Gasteiger partial charge in [0.1, 0.15) is 12.4 Å². The maximum absolute atomic E-state index is 13.8. The Labute approximate surface area is 238 Å². The Morgan fingerprint density at radius 2 is 1.65 bits per heavy atom. The molecule has 0 bridgehead atoms. The molecule has 0 saturated carbocycles. The highest BCUT2D eigenvalue weighted by Gasteiger charge is 2.49. The fraction of sp³-hybridized carbons (Fsp3) is 0.484. The molecule has 0 fully saturated rings. The van der Waals surface area contributed by atoms with E-state index < -0.39 is 26.7 Å². The Kier molecular flexibility index (Phi) is 8.65. The molecule has 9 heteroatoms. The van der Waals surface area contributed by atoms with Gasteiger partial charge in [0, 0.05) is 12.3 Å². The average Bonchev–Trinajstić information content (AvgIpc) is 3.28. The van der Waals surface area contributed by atoms with Gasteiger partial charge in [-0.15, -0.1) is 0 Å². The van der Waals surface area contributed by atoms with E-state index >= 15 is 0 Å². The molecular formula is C31H42N2O6Si. The Bertz CT molecular complexity index is 1250. The Hall–Kier alpha value is -3.30. The van der Waals surface area contributed by atoms with Crippen molar-refractivity contribution in [1.29, 1.82) is 0 Å². The molecule has 2 aromatic carbocycles. The first kappa shape index (κ1) is 29.7. The number of hydrogen-bond donors (Lipinski definition) is 1. The zero-order chi connectivity index (χ0) is 29.4. The molecule has 216 valence electrons. The summed E-state index contributed by atoms with van der Waals surface area (Å²) in [5.41, 5.74) is 3.09. The Morgan fingerprint density at radius 1 is 1.02 bits per heavy atom. The molecular weight excluding hydrogens is 524 g/mol. The molecule has 0 aromatic heterocycles. The number of aliphatic hydroxyl groups is 1. The van der Waals surface area contributed by atoms with Gasteiger partial charge in [0.2, 0.25) is 0 Å². The first-order chi connectivity index (χ1) is 18.9. The number of carbonyl (C=O) groups is 2. The minimum absolute atomic E-state index is 0.0292. The first-order valence-electron chi connectivity index (χ1n) is 14.0. The number of ether oxygens (including phenoxy) is 2. The number of fused-ring (bicyclic) bond motifs is 2. The summed E-state index contributed by atoms with van der Waals surface area (Å²) in [6, 6.07) is 12.0. The molecule has 2 unspecified atom stereocenters. The summed E-state index contributed by atoms with van der Waals surface area (Å²) in [7, 11) is -0.886. The quantitative estimate of drug-likeness (QED) is 0.352. The number of amides is 2. The highest BCUT2D eigenvalue weighted by atomic mass is 28.4. The van der Waals surface area contributed by atoms with Crippen molar-refractivity contribution in [3.8, 4) is 11.5 Å². The van der Waals surface area contributed by atoms with E-state index in [1.807, 2.05) is 37.3 Å². The van der Waals surface area contributed by atoms with Gasteiger partial charge in [-0.1, -0.05) is 77.4 Å². The molecule has 8 nitrogen and oxygen atoms in total. The first-order valence-corrected chi connectivity index (χ1v) is 16.1. The molecule has 0 spiro atoms. The van der Waals surface area contributed by atoms with Gasteiger partial charge in [0.25, 0.3) is 14.2 Å². The lowest BCUT2D eigenvalue weighted by atomic mass is 10.1. The number of methoxy groups -OCH3 is 1. The summed E-state index contributed by atoms with van der Waals surface area (Å²) in [6.45, 7) is 15.0. The molecule has 2 heterocycles. The van der Waals surface area contributed by atoms with Crippen molar-refractivity contribution in [3.63, 3.8) is 0 Å². The van der Waals surface area contributed by atoms with Crippen LogP contribution in [-0.2, 0) is 11.3 Å². The number of nitrogens with zero attached hydrogens (tertiary/aromatic N) is 2. The molecule has 2 aromatic rings. The van der Waals surface area contributed by atoms with E-state index in [-0.39, 0.29) is 40.4 Å². The molecule has 1 N–H and O–H groups in total. The number of rotatable bonds is 8. The van der Waals surface area contributed by atoms with Crippen LogP contribution in [0, 0.1) is 0 Å². The van der Waals surface area contributed by atoms with Crippen LogP contribution in [0.2, 0.25) is 16.6 Å². The van der Waals surface area contributed by atoms with Gasteiger partial charge < -0.3 is 23.9 Å². The van der Waals surface area contributed by atoms with Crippen LogP contribution in [0.15, 0.2) is 54.2 Å². The standard InChI is InChI=1S/C31H42N2O6Si/c1-19(2)40(20(3)4,21(5)6)39-28-16-25-24(15-27(28)37-8)29(34)32-17-22(7)14-26(32)30(35)33(25)31(36)38-18-23-12-10-9-11-13-23/h9-13,15-17,19-21,26,30,35H,14,18H2,1-8H3. The highest BCUT2D eigenvalue weighted by Crippen LogP contribution is 2.47. The molecule has 2 aliphatic heterocycles. The second-order valence-corrected chi connectivity index (χ2v) is 17.1. The van der Waals surface area contributed by atoms with Crippen LogP contribution in [0.1, 0.15) is 70.8 Å². The van der Waals surface area contributed by atoms with Gasteiger partial charge in [-0.3, -0.25) is 4.79 Å². The van der Waals surface area contributed by atoms with E-state index in [2.05, 4.69) is 41.5 Å². The van der Waals surface area contributed by atoms with Crippen molar-refractivity contribution in [2.24, 2.45) is 0 Å². The van der Waals surface area contributed by atoms with Gasteiger partial charge in [-0.25, -0.2) is 9.69 Å². The Balaban J connectivity index is 1.85.